The smallest absolute Gasteiger partial charge is 0.273 e. The second-order valence-electron chi connectivity index (χ2n) is 6.89. The third-order valence-corrected chi connectivity index (χ3v) is 5.27. The highest BCUT2D eigenvalue weighted by Gasteiger charge is 2.27. The van der Waals surface area contributed by atoms with Gasteiger partial charge in [-0.2, -0.15) is 0 Å². The summed E-state index contributed by atoms with van der Waals surface area (Å²) in [5.41, 5.74) is 1.33. The summed E-state index contributed by atoms with van der Waals surface area (Å²) in [4.78, 5) is 19.1. The van der Waals surface area contributed by atoms with Gasteiger partial charge < -0.3 is 19.7 Å². The number of nitrogens with zero attached hydrogens (tertiary/aromatic N) is 2. The molecule has 2 aromatic rings. The summed E-state index contributed by atoms with van der Waals surface area (Å²) in [5, 5.41) is 5.72. The lowest BCUT2D eigenvalue weighted by Crippen LogP contribution is -2.42. The first-order valence-corrected chi connectivity index (χ1v) is 9.62. The van der Waals surface area contributed by atoms with Gasteiger partial charge >= 0.3 is 0 Å². The fraction of sp³-hybridized carbons (Fsp3) is 0.474. The highest BCUT2D eigenvalue weighted by atomic mass is 32.1. The topological polar surface area (TPSA) is 63.7 Å². The molecule has 3 rings (SSSR count). The van der Waals surface area contributed by atoms with Crippen LogP contribution in [0.5, 0.6) is 11.5 Å². The maximum atomic E-state index is 12.7. The van der Waals surface area contributed by atoms with Gasteiger partial charge in [0.25, 0.3) is 5.91 Å². The van der Waals surface area contributed by atoms with Gasteiger partial charge in [-0.1, -0.05) is 13.8 Å². The van der Waals surface area contributed by atoms with E-state index in [0.717, 1.165) is 18.8 Å². The van der Waals surface area contributed by atoms with Crippen LogP contribution in [0.2, 0.25) is 0 Å². The van der Waals surface area contributed by atoms with Crippen LogP contribution in [0.3, 0.4) is 0 Å². The third-order valence-electron chi connectivity index (χ3n) is 4.51. The van der Waals surface area contributed by atoms with Crippen LogP contribution in [0.25, 0.3) is 0 Å². The van der Waals surface area contributed by atoms with E-state index < -0.39 is 0 Å². The van der Waals surface area contributed by atoms with Gasteiger partial charge in [0.15, 0.2) is 16.6 Å². The zero-order valence-electron chi connectivity index (χ0n) is 15.6. The van der Waals surface area contributed by atoms with Gasteiger partial charge in [-0.15, -0.1) is 11.3 Å². The summed E-state index contributed by atoms with van der Waals surface area (Å²) in [7, 11) is 3.20. The standard InChI is InChI=1S/C19H25N3O3S/c1-12-7-13(2)10-22(9-12)18(23)15-11-26-19(21-15)20-14-5-6-16(24-3)17(8-14)25-4/h5-6,8,11-13H,7,9-10H2,1-4H3,(H,20,21). The van der Waals surface area contributed by atoms with Gasteiger partial charge in [0.2, 0.25) is 0 Å². The molecular formula is C19H25N3O3S. The van der Waals surface area contributed by atoms with Crippen molar-refractivity contribution in [3.63, 3.8) is 0 Å². The highest BCUT2D eigenvalue weighted by molar-refractivity contribution is 7.14. The predicted molar refractivity (Wildman–Crippen MR) is 104 cm³/mol. The number of carbonyl (C=O) groups is 1. The molecule has 2 atom stereocenters. The van der Waals surface area contributed by atoms with Crippen LogP contribution >= 0.6 is 11.3 Å². The van der Waals surface area contributed by atoms with Crippen LogP contribution in [0.4, 0.5) is 10.8 Å². The summed E-state index contributed by atoms with van der Waals surface area (Å²) < 4.78 is 10.6. The van der Waals surface area contributed by atoms with Gasteiger partial charge in [0, 0.05) is 30.2 Å². The number of piperidine rings is 1. The number of ether oxygens (including phenoxy) is 2. The number of aromatic nitrogens is 1. The highest BCUT2D eigenvalue weighted by Crippen LogP contribution is 2.32. The molecule has 7 heteroatoms. The Labute approximate surface area is 158 Å². The van der Waals surface area contributed by atoms with Crippen LogP contribution in [0.1, 0.15) is 30.8 Å². The molecule has 1 fully saturated rings. The number of anilines is 2. The van der Waals surface area contributed by atoms with Crippen LogP contribution in [0.15, 0.2) is 23.6 Å². The molecule has 26 heavy (non-hydrogen) atoms. The minimum Gasteiger partial charge on any atom is -0.493 e. The lowest BCUT2D eigenvalue weighted by molar-refractivity contribution is 0.0618. The minimum atomic E-state index is 0.0139. The van der Waals surface area contributed by atoms with Crippen molar-refractivity contribution in [3.05, 3.63) is 29.3 Å². The van der Waals surface area contributed by atoms with Crippen molar-refractivity contribution in [1.82, 2.24) is 9.88 Å². The number of hydrogen-bond donors (Lipinski definition) is 1. The zero-order valence-corrected chi connectivity index (χ0v) is 16.4. The number of nitrogens with one attached hydrogen (secondary N) is 1. The van der Waals surface area contributed by atoms with E-state index in [2.05, 4.69) is 24.1 Å². The first-order chi connectivity index (χ1) is 12.5. The molecule has 2 unspecified atom stereocenters. The van der Waals surface area contributed by atoms with Crippen molar-refractivity contribution in [2.75, 3.05) is 32.6 Å². The Hall–Kier alpha value is -2.28. The van der Waals surface area contributed by atoms with E-state index in [-0.39, 0.29) is 5.91 Å². The Morgan fingerprint density at radius 3 is 2.54 bits per heavy atom. The molecule has 1 aliphatic heterocycles. The zero-order chi connectivity index (χ0) is 18.7. The molecule has 1 aliphatic rings. The minimum absolute atomic E-state index is 0.0139. The summed E-state index contributed by atoms with van der Waals surface area (Å²) in [6, 6.07) is 5.56. The van der Waals surface area contributed by atoms with E-state index in [4.69, 9.17) is 9.47 Å². The molecule has 1 amide bonds. The molecule has 0 radical (unpaired) electrons. The molecule has 1 aromatic carbocycles. The molecule has 0 saturated carbocycles. The van der Waals surface area contributed by atoms with E-state index in [0.29, 0.717) is 34.2 Å². The monoisotopic (exact) mass is 375 g/mol. The van der Waals surface area contributed by atoms with E-state index in [9.17, 15) is 4.79 Å². The Balaban J connectivity index is 1.71. The average Bonchev–Trinajstić information content (AvgIpc) is 3.08. The number of hydrogen-bond acceptors (Lipinski definition) is 6. The number of benzene rings is 1. The maximum Gasteiger partial charge on any atom is 0.273 e. The fourth-order valence-electron chi connectivity index (χ4n) is 3.46. The van der Waals surface area contributed by atoms with Crippen molar-refractivity contribution >= 4 is 28.1 Å². The summed E-state index contributed by atoms with van der Waals surface area (Å²) in [6.07, 6.45) is 1.17. The Bertz CT molecular complexity index is 767. The van der Waals surface area contributed by atoms with E-state index in [1.165, 1.54) is 17.8 Å². The quantitative estimate of drug-likeness (QED) is 0.855. The Morgan fingerprint density at radius 2 is 1.88 bits per heavy atom. The molecule has 0 aliphatic carbocycles. The van der Waals surface area contributed by atoms with Crippen molar-refractivity contribution < 1.29 is 14.3 Å². The first-order valence-electron chi connectivity index (χ1n) is 8.74. The lowest BCUT2D eigenvalue weighted by atomic mass is 9.92. The average molecular weight is 375 g/mol. The fourth-order valence-corrected chi connectivity index (χ4v) is 4.16. The number of methoxy groups -OCH3 is 2. The third kappa shape index (κ3) is 4.09. The molecule has 2 heterocycles. The van der Waals surface area contributed by atoms with Crippen molar-refractivity contribution in [1.29, 1.82) is 0 Å². The SMILES string of the molecule is COc1ccc(Nc2nc(C(=O)N3CC(C)CC(C)C3)cs2)cc1OC. The molecule has 0 spiro atoms. The second kappa shape index (κ2) is 7.95. The molecule has 1 aromatic heterocycles. The van der Waals surface area contributed by atoms with Crippen LogP contribution in [-0.2, 0) is 0 Å². The van der Waals surface area contributed by atoms with Crippen molar-refractivity contribution in [2.45, 2.75) is 20.3 Å². The van der Waals surface area contributed by atoms with E-state index >= 15 is 0 Å². The van der Waals surface area contributed by atoms with Crippen LogP contribution < -0.4 is 14.8 Å². The van der Waals surface area contributed by atoms with Crippen molar-refractivity contribution in [3.8, 4) is 11.5 Å². The molecule has 1 saturated heterocycles. The van der Waals surface area contributed by atoms with Crippen LogP contribution in [-0.4, -0.2) is 43.1 Å². The number of thiazole rings is 1. The largest absolute Gasteiger partial charge is 0.493 e. The normalized spacial score (nSPS) is 19.9. The van der Waals surface area contributed by atoms with Gasteiger partial charge in [-0.05, 0) is 30.4 Å². The van der Waals surface area contributed by atoms with Crippen molar-refractivity contribution in [2.24, 2.45) is 11.8 Å². The second-order valence-corrected chi connectivity index (χ2v) is 7.75. The lowest BCUT2D eigenvalue weighted by Gasteiger charge is -2.34. The maximum absolute atomic E-state index is 12.7. The molecule has 6 nitrogen and oxygen atoms in total. The summed E-state index contributed by atoms with van der Waals surface area (Å²) in [5.74, 6) is 2.39. The number of rotatable bonds is 5. The van der Waals surface area contributed by atoms with Crippen LogP contribution in [0, 0.1) is 11.8 Å². The predicted octanol–water partition coefficient (Wildman–Crippen LogP) is 4.02. The van der Waals surface area contributed by atoms with E-state index in [1.54, 1.807) is 14.2 Å². The Kier molecular flexibility index (Phi) is 5.66. The van der Waals surface area contributed by atoms with Gasteiger partial charge in [0.1, 0.15) is 5.69 Å². The number of amides is 1. The summed E-state index contributed by atoms with van der Waals surface area (Å²) >= 11 is 1.42. The molecule has 0 bridgehead atoms. The molecule has 1 N–H and O–H groups in total. The summed E-state index contributed by atoms with van der Waals surface area (Å²) in [6.45, 7) is 6.00. The first kappa shape index (κ1) is 18.5. The van der Waals surface area contributed by atoms with Gasteiger partial charge in [-0.3, -0.25) is 4.79 Å². The number of carbonyl (C=O) groups excluding carboxylic acids is 1. The molecule has 140 valence electrons. The van der Waals surface area contributed by atoms with E-state index in [1.807, 2.05) is 28.5 Å². The Morgan fingerprint density at radius 1 is 1.19 bits per heavy atom. The van der Waals surface area contributed by atoms with Gasteiger partial charge in [-0.25, -0.2) is 4.98 Å². The number of likely N-dealkylation sites (tertiary alicyclic amines) is 1. The van der Waals surface area contributed by atoms with Gasteiger partial charge in [0.05, 0.1) is 14.2 Å². The molecular weight excluding hydrogens is 350 g/mol.